The second kappa shape index (κ2) is 7.26. The van der Waals surface area contributed by atoms with E-state index in [-0.39, 0.29) is 11.6 Å². The van der Waals surface area contributed by atoms with Crippen LogP contribution >= 0.6 is 23.2 Å². The number of aromatic amines is 1. The topological polar surface area (TPSA) is 102 Å². The lowest BCUT2D eigenvalue weighted by Crippen LogP contribution is -2.14. The molecular weight excluding hydrogens is 391 g/mol. The van der Waals surface area contributed by atoms with E-state index in [1.165, 1.54) is 6.33 Å². The first-order chi connectivity index (χ1) is 13.1. The van der Waals surface area contributed by atoms with E-state index in [0.717, 1.165) is 5.56 Å². The average molecular weight is 403 g/mol. The molecule has 1 aromatic carbocycles. The Balaban J connectivity index is 1.44. The Labute approximate surface area is 163 Å². The molecule has 0 saturated heterocycles. The molecule has 27 heavy (non-hydrogen) atoms. The van der Waals surface area contributed by atoms with Gasteiger partial charge in [0, 0.05) is 16.1 Å². The molecule has 0 atom stereocenters. The largest absolute Gasteiger partial charge is 0.463 e. The van der Waals surface area contributed by atoms with Crippen molar-refractivity contribution in [2.24, 2.45) is 0 Å². The molecule has 2 N–H and O–H groups in total. The van der Waals surface area contributed by atoms with Gasteiger partial charge in [-0.3, -0.25) is 15.2 Å². The molecule has 1 amide bonds. The standard InChI is InChI=1S/C17H12Cl2N6O2/c18-11-4-3-10(12(19)6-11)8-25-9-20-17(24-25)21-16(26)14-7-13(22-23-14)15-2-1-5-27-15/h1-7,9H,8H2,(H,22,23)(H,21,24,26). The summed E-state index contributed by atoms with van der Waals surface area (Å²) in [7, 11) is 0. The molecule has 10 heteroatoms. The highest BCUT2D eigenvalue weighted by molar-refractivity contribution is 6.35. The number of furan rings is 1. The van der Waals surface area contributed by atoms with E-state index >= 15 is 0 Å². The van der Waals surface area contributed by atoms with Gasteiger partial charge >= 0.3 is 0 Å². The van der Waals surface area contributed by atoms with Crippen molar-refractivity contribution in [1.82, 2.24) is 25.0 Å². The summed E-state index contributed by atoms with van der Waals surface area (Å²) >= 11 is 12.1. The minimum Gasteiger partial charge on any atom is -0.463 e. The minimum atomic E-state index is -0.439. The van der Waals surface area contributed by atoms with Gasteiger partial charge in [0.1, 0.15) is 12.0 Å². The Morgan fingerprint density at radius 2 is 2.15 bits per heavy atom. The van der Waals surface area contributed by atoms with Crippen LogP contribution in [0.1, 0.15) is 16.1 Å². The Kier molecular flexibility index (Phi) is 4.66. The zero-order chi connectivity index (χ0) is 18.8. The minimum absolute atomic E-state index is 0.160. The fraction of sp³-hybridized carbons (Fsp3) is 0.0588. The number of amides is 1. The number of nitrogens with one attached hydrogen (secondary N) is 2. The number of carbonyl (C=O) groups excluding carboxylic acids is 1. The molecule has 0 aliphatic rings. The van der Waals surface area contributed by atoms with Gasteiger partial charge in [0.25, 0.3) is 5.91 Å². The fourth-order valence-corrected chi connectivity index (χ4v) is 2.88. The van der Waals surface area contributed by atoms with Crippen molar-refractivity contribution < 1.29 is 9.21 Å². The van der Waals surface area contributed by atoms with Crippen LogP contribution in [0.15, 0.2) is 53.4 Å². The van der Waals surface area contributed by atoms with Crippen molar-refractivity contribution in [1.29, 1.82) is 0 Å². The number of anilines is 1. The molecule has 0 radical (unpaired) electrons. The van der Waals surface area contributed by atoms with Crippen LogP contribution in [0.25, 0.3) is 11.5 Å². The first kappa shape index (κ1) is 17.3. The maximum Gasteiger partial charge on any atom is 0.278 e. The quantitative estimate of drug-likeness (QED) is 0.527. The summed E-state index contributed by atoms with van der Waals surface area (Å²) in [5.74, 6) is 0.308. The first-order valence-electron chi connectivity index (χ1n) is 7.82. The number of H-pyrrole nitrogens is 1. The molecule has 0 spiro atoms. The number of hydrogen-bond donors (Lipinski definition) is 2. The summed E-state index contributed by atoms with van der Waals surface area (Å²) in [6, 6.07) is 10.3. The third-order valence-electron chi connectivity index (χ3n) is 3.71. The molecule has 3 heterocycles. The third-order valence-corrected chi connectivity index (χ3v) is 4.29. The van der Waals surface area contributed by atoms with Gasteiger partial charge in [-0.25, -0.2) is 9.67 Å². The highest BCUT2D eigenvalue weighted by Crippen LogP contribution is 2.22. The molecule has 4 rings (SSSR count). The van der Waals surface area contributed by atoms with Crippen molar-refractivity contribution >= 4 is 35.1 Å². The van der Waals surface area contributed by atoms with E-state index in [0.29, 0.717) is 28.0 Å². The molecule has 4 aromatic rings. The zero-order valence-electron chi connectivity index (χ0n) is 13.7. The fourth-order valence-electron chi connectivity index (χ4n) is 2.41. The van der Waals surface area contributed by atoms with Gasteiger partial charge in [-0.05, 0) is 29.8 Å². The molecule has 136 valence electrons. The SMILES string of the molecule is O=C(Nc1ncn(Cc2ccc(Cl)cc2Cl)n1)c1cc(-c2ccco2)[nH]n1. The van der Waals surface area contributed by atoms with E-state index in [4.69, 9.17) is 27.6 Å². The molecule has 0 fully saturated rings. The van der Waals surface area contributed by atoms with E-state index in [2.05, 4.69) is 25.6 Å². The van der Waals surface area contributed by atoms with Gasteiger partial charge in [0.2, 0.25) is 5.95 Å². The van der Waals surface area contributed by atoms with Crippen LogP contribution in [0.4, 0.5) is 5.95 Å². The smallest absolute Gasteiger partial charge is 0.278 e. The lowest BCUT2D eigenvalue weighted by molar-refractivity contribution is 0.102. The highest BCUT2D eigenvalue weighted by atomic mass is 35.5. The molecule has 0 bridgehead atoms. The summed E-state index contributed by atoms with van der Waals surface area (Å²) in [4.78, 5) is 16.4. The van der Waals surface area contributed by atoms with E-state index < -0.39 is 5.91 Å². The monoisotopic (exact) mass is 402 g/mol. The second-order valence-corrected chi connectivity index (χ2v) is 6.44. The summed E-state index contributed by atoms with van der Waals surface area (Å²) in [6.07, 6.45) is 3.04. The molecule has 0 aliphatic carbocycles. The van der Waals surface area contributed by atoms with Crippen LogP contribution in [0.3, 0.4) is 0 Å². The number of rotatable bonds is 5. The van der Waals surface area contributed by atoms with Crippen molar-refractivity contribution in [2.45, 2.75) is 6.54 Å². The highest BCUT2D eigenvalue weighted by Gasteiger charge is 2.15. The summed E-state index contributed by atoms with van der Waals surface area (Å²) in [5.41, 5.74) is 1.62. The van der Waals surface area contributed by atoms with Gasteiger partial charge in [-0.2, -0.15) is 5.10 Å². The van der Waals surface area contributed by atoms with Crippen LogP contribution in [0.2, 0.25) is 10.0 Å². The Hall–Kier alpha value is -3.10. The van der Waals surface area contributed by atoms with Crippen molar-refractivity contribution in [2.75, 3.05) is 5.32 Å². The second-order valence-electron chi connectivity index (χ2n) is 5.60. The lowest BCUT2D eigenvalue weighted by atomic mass is 10.2. The number of aromatic nitrogens is 5. The van der Waals surface area contributed by atoms with Crippen LogP contribution in [-0.4, -0.2) is 30.9 Å². The molecular formula is C17H12Cl2N6O2. The molecule has 0 unspecified atom stereocenters. The summed E-state index contributed by atoms with van der Waals surface area (Å²) in [6.45, 7) is 0.393. The number of halogens is 2. The number of hydrogen-bond acceptors (Lipinski definition) is 5. The molecule has 3 aromatic heterocycles. The van der Waals surface area contributed by atoms with Crippen molar-refractivity contribution in [3.8, 4) is 11.5 Å². The Morgan fingerprint density at radius 1 is 1.26 bits per heavy atom. The Bertz CT molecular complexity index is 1090. The molecule has 8 nitrogen and oxygen atoms in total. The maximum absolute atomic E-state index is 12.3. The first-order valence-corrected chi connectivity index (χ1v) is 8.58. The van der Waals surface area contributed by atoms with Crippen molar-refractivity contribution in [3.05, 3.63) is 70.3 Å². The number of carbonyl (C=O) groups is 1. The molecule has 0 saturated carbocycles. The Morgan fingerprint density at radius 3 is 2.93 bits per heavy atom. The molecule has 0 aliphatic heterocycles. The van der Waals surface area contributed by atoms with Gasteiger partial charge < -0.3 is 4.42 Å². The van der Waals surface area contributed by atoms with Crippen LogP contribution < -0.4 is 5.32 Å². The summed E-state index contributed by atoms with van der Waals surface area (Å²) in [5, 5.41) is 14.6. The predicted molar refractivity (Wildman–Crippen MR) is 99.8 cm³/mol. The third kappa shape index (κ3) is 3.86. The maximum atomic E-state index is 12.3. The lowest BCUT2D eigenvalue weighted by Gasteiger charge is -2.04. The van der Waals surface area contributed by atoms with Gasteiger partial charge in [-0.15, -0.1) is 5.10 Å². The predicted octanol–water partition coefficient (Wildman–Crippen LogP) is 3.87. The van der Waals surface area contributed by atoms with Crippen LogP contribution in [0, 0.1) is 0 Å². The zero-order valence-corrected chi connectivity index (χ0v) is 15.2. The van der Waals surface area contributed by atoms with E-state index in [1.54, 1.807) is 41.3 Å². The number of benzene rings is 1. The van der Waals surface area contributed by atoms with Crippen molar-refractivity contribution in [3.63, 3.8) is 0 Å². The summed E-state index contributed by atoms with van der Waals surface area (Å²) < 4.78 is 6.82. The normalized spacial score (nSPS) is 10.9. The van der Waals surface area contributed by atoms with Gasteiger partial charge in [0.05, 0.1) is 12.8 Å². The van der Waals surface area contributed by atoms with Crippen LogP contribution in [0.5, 0.6) is 0 Å². The van der Waals surface area contributed by atoms with Gasteiger partial charge in [-0.1, -0.05) is 29.3 Å². The van der Waals surface area contributed by atoms with Gasteiger partial charge in [0.15, 0.2) is 11.5 Å². The van der Waals surface area contributed by atoms with E-state index in [1.807, 2.05) is 6.07 Å². The number of nitrogens with zero attached hydrogens (tertiary/aromatic N) is 4. The average Bonchev–Trinajstić information content (AvgIpc) is 3.37. The van der Waals surface area contributed by atoms with E-state index in [9.17, 15) is 4.79 Å². The van der Waals surface area contributed by atoms with Crippen LogP contribution in [-0.2, 0) is 6.54 Å².